The highest BCUT2D eigenvalue weighted by Crippen LogP contribution is 2.39. The monoisotopic (exact) mass is 420 g/mol. The van der Waals surface area contributed by atoms with Crippen LogP contribution in [-0.4, -0.2) is 41.9 Å². The molecule has 4 rings (SSSR count). The van der Waals surface area contributed by atoms with Crippen LogP contribution in [0.15, 0.2) is 48.7 Å². The van der Waals surface area contributed by atoms with Gasteiger partial charge in [0.25, 0.3) is 0 Å². The summed E-state index contributed by atoms with van der Waals surface area (Å²) in [5.74, 6) is -0.339. The molecule has 0 saturated heterocycles. The average Bonchev–Trinajstić information content (AvgIpc) is 3.28. The fraction of sp³-hybridized carbons (Fsp3) is 0.375. The standard InChI is InChI=1S/C24H28N4O3/c1-31-23(30)21(25)17-7-10-24(15-29,11-8-17)14-27-19-9-12-26-22-18(19)13-20(28-22)16-5-3-2-4-6-16/h2-6,9,12-13,15,17,21H,7-8,10-11,14,25H2,1H3,(H2,26,27,28)/t17?,21-,24?/m0/s1. The molecule has 0 spiro atoms. The van der Waals surface area contributed by atoms with E-state index in [0.29, 0.717) is 19.4 Å². The number of benzene rings is 1. The van der Waals surface area contributed by atoms with Crippen LogP contribution in [-0.2, 0) is 14.3 Å². The minimum atomic E-state index is -0.626. The Morgan fingerprint density at radius 1 is 1.32 bits per heavy atom. The number of anilines is 1. The fourth-order valence-corrected chi connectivity index (χ4v) is 4.46. The summed E-state index contributed by atoms with van der Waals surface area (Å²) in [7, 11) is 1.35. The van der Waals surface area contributed by atoms with Gasteiger partial charge in [0.15, 0.2) is 0 Å². The predicted molar refractivity (Wildman–Crippen MR) is 120 cm³/mol. The Labute approximate surface area is 181 Å². The second-order valence-corrected chi connectivity index (χ2v) is 8.39. The largest absolute Gasteiger partial charge is 0.468 e. The summed E-state index contributed by atoms with van der Waals surface area (Å²) in [5, 5.41) is 4.47. The molecule has 1 saturated carbocycles. The number of aromatic amines is 1. The lowest BCUT2D eigenvalue weighted by Crippen LogP contribution is -2.44. The predicted octanol–water partition coefficient (Wildman–Crippen LogP) is 3.52. The van der Waals surface area contributed by atoms with Crippen molar-refractivity contribution in [2.75, 3.05) is 19.0 Å². The molecule has 7 heteroatoms. The molecule has 1 aliphatic rings. The van der Waals surface area contributed by atoms with E-state index in [1.165, 1.54) is 7.11 Å². The number of methoxy groups -OCH3 is 1. The number of pyridine rings is 1. The molecule has 31 heavy (non-hydrogen) atoms. The second kappa shape index (κ2) is 8.89. The number of nitrogens with zero attached hydrogens (tertiary/aromatic N) is 1. The highest BCUT2D eigenvalue weighted by atomic mass is 16.5. The van der Waals surface area contributed by atoms with Crippen LogP contribution in [0.2, 0.25) is 0 Å². The zero-order chi connectivity index (χ0) is 21.8. The zero-order valence-corrected chi connectivity index (χ0v) is 17.6. The van der Waals surface area contributed by atoms with Gasteiger partial charge in [0.1, 0.15) is 18.0 Å². The molecule has 1 fully saturated rings. The number of rotatable bonds is 7. The lowest BCUT2D eigenvalue weighted by atomic mass is 9.69. The van der Waals surface area contributed by atoms with E-state index < -0.39 is 11.5 Å². The van der Waals surface area contributed by atoms with E-state index in [1.54, 1.807) is 6.20 Å². The number of carbonyl (C=O) groups is 2. The molecule has 7 nitrogen and oxygen atoms in total. The molecule has 0 unspecified atom stereocenters. The molecule has 0 radical (unpaired) electrons. The van der Waals surface area contributed by atoms with E-state index in [4.69, 9.17) is 10.5 Å². The van der Waals surface area contributed by atoms with Crippen molar-refractivity contribution in [2.24, 2.45) is 17.1 Å². The first-order valence-electron chi connectivity index (χ1n) is 10.6. The second-order valence-electron chi connectivity index (χ2n) is 8.39. The number of hydrogen-bond donors (Lipinski definition) is 3. The fourth-order valence-electron chi connectivity index (χ4n) is 4.46. The van der Waals surface area contributed by atoms with Crippen molar-refractivity contribution in [2.45, 2.75) is 31.7 Å². The number of aromatic nitrogens is 2. The molecule has 1 aliphatic carbocycles. The maximum absolute atomic E-state index is 12.0. The van der Waals surface area contributed by atoms with Crippen molar-refractivity contribution < 1.29 is 14.3 Å². The first-order chi connectivity index (χ1) is 15.0. The molecule has 3 aromatic rings. The van der Waals surface area contributed by atoms with E-state index in [0.717, 1.165) is 47.1 Å². The summed E-state index contributed by atoms with van der Waals surface area (Å²) < 4.78 is 4.77. The van der Waals surface area contributed by atoms with Gasteiger partial charge in [0.2, 0.25) is 0 Å². The normalized spacial score (nSPS) is 22.1. The Bertz CT molecular complexity index is 1060. The van der Waals surface area contributed by atoms with Crippen molar-refractivity contribution in [1.82, 2.24) is 9.97 Å². The number of nitrogens with two attached hydrogens (primary N) is 1. The highest BCUT2D eigenvalue weighted by Gasteiger charge is 2.38. The van der Waals surface area contributed by atoms with Crippen LogP contribution in [0.3, 0.4) is 0 Å². The molecule has 1 aromatic carbocycles. The van der Waals surface area contributed by atoms with Gasteiger partial charge in [-0.15, -0.1) is 0 Å². The van der Waals surface area contributed by atoms with E-state index in [1.807, 2.05) is 24.3 Å². The number of hydrogen-bond acceptors (Lipinski definition) is 6. The van der Waals surface area contributed by atoms with Gasteiger partial charge in [-0.3, -0.25) is 4.79 Å². The lowest BCUT2D eigenvalue weighted by Gasteiger charge is -2.37. The summed E-state index contributed by atoms with van der Waals surface area (Å²) in [5.41, 5.74) is 9.39. The minimum Gasteiger partial charge on any atom is -0.468 e. The Morgan fingerprint density at radius 3 is 2.74 bits per heavy atom. The van der Waals surface area contributed by atoms with E-state index in [9.17, 15) is 9.59 Å². The van der Waals surface area contributed by atoms with Crippen LogP contribution < -0.4 is 11.1 Å². The third-order valence-electron chi connectivity index (χ3n) is 6.50. The van der Waals surface area contributed by atoms with Crippen LogP contribution >= 0.6 is 0 Å². The highest BCUT2D eigenvalue weighted by molar-refractivity contribution is 5.93. The summed E-state index contributed by atoms with van der Waals surface area (Å²) >= 11 is 0. The summed E-state index contributed by atoms with van der Waals surface area (Å²) in [4.78, 5) is 31.6. The van der Waals surface area contributed by atoms with Gasteiger partial charge in [-0.05, 0) is 49.3 Å². The Morgan fingerprint density at radius 2 is 2.06 bits per heavy atom. The van der Waals surface area contributed by atoms with Gasteiger partial charge in [0.05, 0.1) is 7.11 Å². The van der Waals surface area contributed by atoms with E-state index in [2.05, 4.69) is 33.5 Å². The molecule has 0 aliphatic heterocycles. The number of carbonyl (C=O) groups excluding carboxylic acids is 2. The molecule has 162 valence electrons. The summed E-state index contributed by atoms with van der Waals surface area (Å²) in [6.45, 7) is 0.529. The molecule has 0 amide bonds. The van der Waals surface area contributed by atoms with Gasteiger partial charge in [-0.1, -0.05) is 30.3 Å². The Kier molecular flexibility index (Phi) is 6.04. The molecule has 0 bridgehead atoms. The number of nitrogens with one attached hydrogen (secondary N) is 2. The molecule has 1 atom stereocenters. The molecular weight excluding hydrogens is 392 g/mol. The number of ether oxygens (including phenoxy) is 1. The molecular formula is C24H28N4O3. The Balaban J connectivity index is 1.47. The smallest absolute Gasteiger partial charge is 0.322 e. The average molecular weight is 421 g/mol. The van der Waals surface area contributed by atoms with E-state index in [-0.39, 0.29) is 11.9 Å². The summed E-state index contributed by atoms with van der Waals surface area (Å²) in [6, 6.07) is 13.5. The summed E-state index contributed by atoms with van der Waals surface area (Å²) in [6.07, 6.45) is 5.65. The maximum Gasteiger partial charge on any atom is 0.322 e. The maximum atomic E-state index is 12.0. The third-order valence-corrected chi connectivity index (χ3v) is 6.50. The van der Waals surface area contributed by atoms with Crippen molar-refractivity contribution in [3.63, 3.8) is 0 Å². The number of aldehydes is 1. The molecule has 2 aromatic heterocycles. The number of esters is 1. The van der Waals surface area contributed by atoms with E-state index >= 15 is 0 Å². The van der Waals surface area contributed by atoms with Crippen molar-refractivity contribution in [3.05, 3.63) is 48.7 Å². The van der Waals surface area contributed by atoms with Crippen LogP contribution in [0, 0.1) is 11.3 Å². The quantitative estimate of drug-likeness (QED) is 0.398. The van der Waals surface area contributed by atoms with Gasteiger partial charge in [-0.2, -0.15) is 0 Å². The first kappa shape index (κ1) is 21.1. The van der Waals surface area contributed by atoms with Gasteiger partial charge >= 0.3 is 5.97 Å². The first-order valence-corrected chi connectivity index (χ1v) is 10.6. The molecule has 2 heterocycles. The Hall–Kier alpha value is -3.19. The SMILES string of the molecule is COC(=O)[C@@H](N)C1CCC(C=O)(CNc2ccnc3[nH]c(-c4ccccc4)cc23)CC1. The van der Waals surface area contributed by atoms with Crippen molar-refractivity contribution in [1.29, 1.82) is 0 Å². The van der Waals surface area contributed by atoms with Crippen LogP contribution in [0.25, 0.3) is 22.3 Å². The van der Waals surface area contributed by atoms with Crippen LogP contribution in [0.4, 0.5) is 5.69 Å². The topological polar surface area (TPSA) is 110 Å². The van der Waals surface area contributed by atoms with Crippen LogP contribution in [0.5, 0.6) is 0 Å². The van der Waals surface area contributed by atoms with Crippen molar-refractivity contribution >= 4 is 29.0 Å². The number of fused-ring (bicyclic) bond motifs is 1. The van der Waals surface area contributed by atoms with Crippen molar-refractivity contribution in [3.8, 4) is 11.3 Å². The number of H-pyrrole nitrogens is 1. The lowest BCUT2D eigenvalue weighted by molar-refractivity contribution is -0.144. The van der Waals surface area contributed by atoms with Gasteiger partial charge in [0, 0.05) is 34.9 Å². The van der Waals surface area contributed by atoms with Gasteiger partial charge in [-0.25, -0.2) is 4.98 Å². The zero-order valence-electron chi connectivity index (χ0n) is 17.6. The molecule has 4 N–H and O–H groups in total. The third kappa shape index (κ3) is 4.32. The van der Waals surface area contributed by atoms with Gasteiger partial charge < -0.3 is 25.6 Å². The minimum absolute atomic E-state index is 0.0475. The van der Waals surface area contributed by atoms with Crippen LogP contribution in [0.1, 0.15) is 25.7 Å².